The maximum absolute atomic E-state index is 13.2. The van der Waals surface area contributed by atoms with E-state index in [0.717, 1.165) is 11.3 Å². The van der Waals surface area contributed by atoms with Crippen molar-refractivity contribution in [2.45, 2.75) is 37.8 Å². The monoisotopic (exact) mass is 464 g/mol. The molecule has 0 radical (unpaired) electrons. The van der Waals surface area contributed by atoms with E-state index in [4.69, 9.17) is 11.6 Å². The van der Waals surface area contributed by atoms with Gasteiger partial charge in [0.2, 0.25) is 15.9 Å². The summed E-state index contributed by atoms with van der Waals surface area (Å²) < 4.78 is 42.1. The number of aromatic nitrogens is 2. The Morgan fingerprint density at radius 2 is 1.71 bits per heavy atom. The summed E-state index contributed by atoms with van der Waals surface area (Å²) in [6.45, 7) is 5.07. The lowest BCUT2D eigenvalue weighted by Gasteiger charge is -2.19. The van der Waals surface area contributed by atoms with Crippen LogP contribution < -0.4 is 10.0 Å². The highest BCUT2D eigenvalue weighted by Gasteiger charge is 2.24. The summed E-state index contributed by atoms with van der Waals surface area (Å²) in [6.07, 6.45) is 1.62. The summed E-state index contributed by atoms with van der Waals surface area (Å²) in [4.78, 5) is 12.6. The van der Waals surface area contributed by atoms with E-state index in [0.29, 0.717) is 10.7 Å². The molecule has 1 unspecified atom stereocenters. The summed E-state index contributed by atoms with van der Waals surface area (Å²) in [5.74, 6) is -0.830. The molecule has 7 nitrogen and oxygen atoms in total. The second-order valence-corrected chi connectivity index (χ2v) is 9.25. The van der Waals surface area contributed by atoms with Crippen molar-refractivity contribution in [3.05, 3.63) is 76.8 Å². The average molecular weight is 465 g/mol. The Hall–Kier alpha value is -2.75. The van der Waals surface area contributed by atoms with E-state index in [-0.39, 0.29) is 10.7 Å². The topological polar surface area (TPSA) is 93.1 Å². The first-order valence-electron chi connectivity index (χ1n) is 9.47. The van der Waals surface area contributed by atoms with Crippen molar-refractivity contribution in [3.8, 4) is 5.69 Å². The molecule has 0 aliphatic heterocycles. The van der Waals surface area contributed by atoms with Crippen LogP contribution in [0.3, 0.4) is 0 Å². The van der Waals surface area contributed by atoms with Gasteiger partial charge in [-0.3, -0.25) is 4.79 Å². The molecule has 2 N–H and O–H groups in total. The fraction of sp³-hybridized carbons (Fsp3) is 0.238. The van der Waals surface area contributed by atoms with Crippen LogP contribution in [0.2, 0.25) is 5.02 Å². The molecule has 31 heavy (non-hydrogen) atoms. The lowest BCUT2D eigenvalue weighted by Crippen LogP contribution is -2.45. The number of amides is 1. The lowest BCUT2D eigenvalue weighted by molar-refractivity contribution is -0.123. The average Bonchev–Trinajstić information content (AvgIpc) is 3.10. The minimum atomic E-state index is -3.88. The molecule has 0 bridgehead atoms. The smallest absolute Gasteiger partial charge is 0.241 e. The molecular weight excluding hydrogens is 443 g/mol. The third-order valence-corrected chi connectivity index (χ3v) is 6.60. The quantitative estimate of drug-likeness (QED) is 0.559. The number of hydrogen-bond donors (Lipinski definition) is 2. The number of nitrogens with zero attached hydrogens (tertiary/aromatic N) is 2. The van der Waals surface area contributed by atoms with Crippen molar-refractivity contribution >= 4 is 27.5 Å². The van der Waals surface area contributed by atoms with Crippen molar-refractivity contribution in [2.75, 3.05) is 0 Å². The van der Waals surface area contributed by atoms with Gasteiger partial charge in [0.1, 0.15) is 5.82 Å². The number of hydrogen-bond acceptors (Lipinski definition) is 4. The molecule has 164 valence electrons. The van der Waals surface area contributed by atoms with Crippen molar-refractivity contribution in [3.63, 3.8) is 0 Å². The van der Waals surface area contributed by atoms with Crippen LogP contribution in [-0.4, -0.2) is 30.1 Å². The minimum absolute atomic E-state index is 0.0148. The van der Waals surface area contributed by atoms with Gasteiger partial charge in [-0.15, -0.1) is 0 Å². The van der Waals surface area contributed by atoms with Gasteiger partial charge in [0.25, 0.3) is 0 Å². The van der Waals surface area contributed by atoms with Crippen LogP contribution >= 0.6 is 11.6 Å². The van der Waals surface area contributed by atoms with E-state index in [1.54, 1.807) is 29.9 Å². The van der Waals surface area contributed by atoms with Crippen LogP contribution in [0.1, 0.15) is 31.1 Å². The molecule has 0 spiro atoms. The van der Waals surface area contributed by atoms with Gasteiger partial charge >= 0.3 is 0 Å². The molecule has 0 aliphatic carbocycles. The maximum Gasteiger partial charge on any atom is 0.241 e. The molecule has 2 aromatic carbocycles. The third-order valence-electron chi connectivity index (χ3n) is 4.79. The standard InChI is InChI=1S/C21H22ClFN4O3S/c1-13(20-12-24-27(15(20)3)18-8-6-17(23)7-9-18)25-21(28)14(2)26-31(29,30)19-10-4-16(22)5-11-19/h4-14,26H,1-3H3,(H,25,28)/t13?,14-/m0/s1. The molecule has 2 atom stereocenters. The number of sulfonamides is 1. The molecular formula is C21H22ClFN4O3S. The Balaban J connectivity index is 1.69. The van der Waals surface area contributed by atoms with E-state index < -0.39 is 28.0 Å². The first-order valence-corrected chi connectivity index (χ1v) is 11.3. The fourth-order valence-electron chi connectivity index (χ4n) is 3.07. The summed E-state index contributed by atoms with van der Waals surface area (Å²) >= 11 is 5.79. The molecule has 1 heterocycles. The van der Waals surface area contributed by atoms with Gasteiger partial charge in [0.05, 0.1) is 28.9 Å². The van der Waals surface area contributed by atoms with Crippen LogP contribution in [0.4, 0.5) is 4.39 Å². The van der Waals surface area contributed by atoms with Crippen molar-refractivity contribution in [2.24, 2.45) is 0 Å². The van der Waals surface area contributed by atoms with E-state index in [9.17, 15) is 17.6 Å². The third kappa shape index (κ3) is 5.30. The zero-order valence-electron chi connectivity index (χ0n) is 17.1. The molecule has 0 saturated heterocycles. The highest BCUT2D eigenvalue weighted by molar-refractivity contribution is 7.89. The summed E-state index contributed by atoms with van der Waals surface area (Å²) in [5.41, 5.74) is 2.21. The predicted octanol–water partition coefficient (Wildman–Crippen LogP) is 3.52. The first kappa shape index (κ1) is 22.9. The molecule has 10 heteroatoms. The number of benzene rings is 2. The molecule has 0 aliphatic rings. The number of rotatable bonds is 7. The zero-order chi connectivity index (χ0) is 22.8. The van der Waals surface area contributed by atoms with Gasteiger partial charge < -0.3 is 5.32 Å². The van der Waals surface area contributed by atoms with Crippen LogP contribution in [0.15, 0.2) is 59.6 Å². The molecule has 1 amide bonds. The number of carbonyl (C=O) groups excluding carboxylic acids is 1. The molecule has 3 aromatic rings. The van der Waals surface area contributed by atoms with Crippen LogP contribution in [0.25, 0.3) is 5.69 Å². The van der Waals surface area contributed by atoms with Gasteiger partial charge in [0.15, 0.2) is 0 Å². The van der Waals surface area contributed by atoms with Gasteiger partial charge in [0, 0.05) is 16.3 Å². The molecule has 3 rings (SSSR count). The van der Waals surface area contributed by atoms with E-state index >= 15 is 0 Å². The Kier molecular flexibility index (Phi) is 6.78. The Morgan fingerprint density at radius 1 is 1.10 bits per heavy atom. The van der Waals surface area contributed by atoms with Crippen LogP contribution in [0.5, 0.6) is 0 Å². The summed E-state index contributed by atoms with van der Waals surface area (Å²) in [5, 5.41) is 7.52. The minimum Gasteiger partial charge on any atom is -0.348 e. The van der Waals surface area contributed by atoms with Crippen molar-refractivity contribution in [1.82, 2.24) is 19.8 Å². The normalized spacial score (nSPS) is 13.6. The van der Waals surface area contributed by atoms with E-state index in [1.165, 1.54) is 43.3 Å². The number of halogens is 2. The first-order chi connectivity index (χ1) is 14.6. The highest BCUT2D eigenvalue weighted by atomic mass is 35.5. The predicted molar refractivity (Wildman–Crippen MR) is 116 cm³/mol. The van der Waals surface area contributed by atoms with E-state index in [1.807, 2.05) is 6.92 Å². The van der Waals surface area contributed by atoms with Gasteiger partial charge in [-0.2, -0.15) is 9.82 Å². The van der Waals surface area contributed by atoms with Crippen LogP contribution in [0, 0.1) is 12.7 Å². The number of nitrogens with one attached hydrogen (secondary N) is 2. The largest absolute Gasteiger partial charge is 0.348 e. The van der Waals surface area contributed by atoms with E-state index in [2.05, 4.69) is 15.1 Å². The number of carbonyl (C=O) groups is 1. The SMILES string of the molecule is Cc1c(C(C)NC(=O)[C@H](C)NS(=O)(=O)c2ccc(Cl)cc2)cnn1-c1ccc(F)cc1. The molecule has 0 saturated carbocycles. The maximum atomic E-state index is 13.2. The lowest BCUT2D eigenvalue weighted by atomic mass is 10.1. The fourth-order valence-corrected chi connectivity index (χ4v) is 4.40. The summed E-state index contributed by atoms with van der Waals surface area (Å²) in [6, 6.07) is 10.1. The Labute approximate surface area is 185 Å². The Morgan fingerprint density at radius 3 is 2.32 bits per heavy atom. The van der Waals surface area contributed by atoms with Crippen molar-refractivity contribution in [1.29, 1.82) is 0 Å². The van der Waals surface area contributed by atoms with Crippen LogP contribution in [-0.2, 0) is 14.8 Å². The second-order valence-electron chi connectivity index (χ2n) is 7.10. The Bertz CT molecular complexity index is 1180. The molecule has 1 aromatic heterocycles. The summed E-state index contributed by atoms with van der Waals surface area (Å²) in [7, 11) is -3.88. The van der Waals surface area contributed by atoms with Gasteiger partial charge in [-0.05, 0) is 69.3 Å². The molecule has 0 fully saturated rings. The highest BCUT2D eigenvalue weighted by Crippen LogP contribution is 2.21. The van der Waals surface area contributed by atoms with Gasteiger partial charge in [-0.25, -0.2) is 17.5 Å². The van der Waals surface area contributed by atoms with Gasteiger partial charge in [-0.1, -0.05) is 11.6 Å². The van der Waals surface area contributed by atoms with Crippen molar-refractivity contribution < 1.29 is 17.6 Å². The zero-order valence-corrected chi connectivity index (χ0v) is 18.7. The second kappa shape index (κ2) is 9.17.